The third-order valence-electron chi connectivity index (χ3n) is 5.10. The van der Waals surface area contributed by atoms with Gasteiger partial charge in [0.2, 0.25) is 0 Å². The molecule has 1 amide bonds. The Labute approximate surface area is 157 Å². The number of piperidine rings is 1. The second-order valence-electron chi connectivity index (χ2n) is 7.07. The summed E-state index contributed by atoms with van der Waals surface area (Å²) >= 11 is 0. The molecule has 1 saturated heterocycles. The van der Waals surface area contributed by atoms with Crippen LogP contribution in [0.3, 0.4) is 0 Å². The van der Waals surface area contributed by atoms with Crippen molar-refractivity contribution in [2.75, 3.05) is 19.6 Å². The number of aromatic nitrogens is 2. The molecule has 4 rings (SSSR count). The Morgan fingerprint density at radius 2 is 2.19 bits per heavy atom. The molecule has 7 heteroatoms. The van der Waals surface area contributed by atoms with E-state index in [2.05, 4.69) is 27.3 Å². The highest BCUT2D eigenvalue weighted by atomic mass is 16.5. The summed E-state index contributed by atoms with van der Waals surface area (Å²) in [7, 11) is 0. The van der Waals surface area contributed by atoms with E-state index in [1.54, 1.807) is 18.4 Å². The Morgan fingerprint density at radius 3 is 2.89 bits per heavy atom. The average Bonchev–Trinajstić information content (AvgIpc) is 3.33. The molecule has 0 aromatic carbocycles. The lowest BCUT2D eigenvalue weighted by Gasteiger charge is -2.32. The highest BCUT2D eigenvalue weighted by molar-refractivity contribution is 6.07. The molecule has 1 aliphatic rings. The van der Waals surface area contributed by atoms with Crippen LogP contribution in [0.25, 0.3) is 22.6 Å². The number of aryl methyl sites for hydroxylation is 1. The molecule has 3 aromatic heterocycles. The van der Waals surface area contributed by atoms with Gasteiger partial charge in [0.15, 0.2) is 5.76 Å². The number of nitrogens with zero attached hydrogens (tertiary/aromatic N) is 3. The van der Waals surface area contributed by atoms with E-state index < -0.39 is 0 Å². The lowest BCUT2D eigenvalue weighted by Crippen LogP contribution is -2.44. The number of rotatable bonds is 5. The highest BCUT2D eigenvalue weighted by Crippen LogP contribution is 2.27. The number of carbonyl (C=O) groups excluding carboxylic acids is 1. The van der Waals surface area contributed by atoms with Crippen molar-refractivity contribution < 1.29 is 13.7 Å². The number of fused-ring (bicyclic) bond motifs is 1. The molecule has 4 heterocycles. The van der Waals surface area contributed by atoms with Gasteiger partial charge in [-0.05, 0) is 50.9 Å². The van der Waals surface area contributed by atoms with Crippen molar-refractivity contribution in [1.29, 1.82) is 0 Å². The van der Waals surface area contributed by atoms with Crippen LogP contribution < -0.4 is 5.32 Å². The van der Waals surface area contributed by atoms with Gasteiger partial charge in [-0.2, -0.15) is 0 Å². The maximum atomic E-state index is 13.1. The van der Waals surface area contributed by atoms with E-state index in [4.69, 9.17) is 8.94 Å². The number of furan rings is 1. The largest absolute Gasteiger partial charge is 0.463 e. The summed E-state index contributed by atoms with van der Waals surface area (Å²) in [4.78, 5) is 20.0. The van der Waals surface area contributed by atoms with Crippen molar-refractivity contribution in [2.45, 2.75) is 39.2 Å². The smallest absolute Gasteiger partial charge is 0.259 e. The van der Waals surface area contributed by atoms with E-state index in [1.807, 2.05) is 13.0 Å². The number of hydrogen-bond acceptors (Lipinski definition) is 6. The first-order valence-electron chi connectivity index (χ1n) is 9.50. The monoisotopic (exact) mass is 368 g/mol. The van der Waals surface area contributed by atoms with E-state index in [9.17, 15) is 4.79 Å². The molecule has 142 valence electrons. The van der Waals surface area contributed by atoms with Crippen molar-refractivity contribution >= 4 is 17.0 Å². The molecule has 1 aliphatic heterocycles. The van der Waals surface area contributed by atoms with Gasteiger partial charge in [0.05, 0.1) is 22.9 Å². The van der Waals surface area contributed by atoms with Crippen LogP contribution in [-0.4, -0.2) is 46.6 Å². The summed E-state index contributed by atoms with van der Waals surface area (Å²) in [6.45, 7) is 7.18. The Kier molecular flexibility index (Phi) is 4.94. The minimum absolute atomic E-state index is 0.115. The first-order chi connectivity index (χ1) is 13.2. The Hall–Kier alpha value is -2.67. The van der Waals surface area contributed by atoms with Gasteiger partial charge in [-0.25, -0.2) is 4.98 Å². The van der Waals surface area contributed by atoms with Gasteiger partial charge < -0.3 is 19.2 Å². The molecule has 1 N–H and O–H groups in total. The van der Waals surface area contributed by atoms with Gasteiger partial charge >= 0.3 is 0 Å². The molecule has 0 bridgehead atoms. The summed E-state index contributed by atoms with van der Waals surface area (Å²) < 4.78 is 10.8. The van der Waals surface area contributed by atoms with Crippen LogP contribution in [0.5, 0.6) is 0 Å². The minimum atomic E-state index is -0.115. The van der Waals surface area contributed by atoms with Crippen molar-refractivity contribution in [3.8, 4) is 11.5 Å². The lowest BCUT2D eigenvalue weighted by atomic mass is 10.0. The Balaban J connectivity index is 1.59. The second-order valence-corrected chi connectivity index (χ2v) is 7.07. The van der Waals surface area contributed by atoms with Crippen LogP contribution in [0.15, 0.2) is 33.4 Å². The molecule has 27 heavy (non-hydrogen) atoms. The number of carbonyl (C=O) groups is 1. The zero-order valence-corrected chi connectivity index (χ0v) is 15.7. The summed E-state index contributed by atoms with van der Waals surface area (Å²) in [6.07, 6.45) is 4.67. The summed E-state index contributed by atoms with van der Waals surface area (Å²) in [5.41, 5.74) is 2.10. The summed E-state index contributed by atoms with van der Waals surface area (Å²) in [6, 6.07) is 5.53. The third-order valence-corrected chi connectivity index (χ3v) is 5.10. The average molecular weight is 368 g/mol. The van der Waals surface area contributed by atoms with Gasteiger partial charge in [-0.1, -0.05) is 12.1 Å². The third kappa shape index (κ3) is 3.60. The standard InChI is InChI=1S/C20H24N4O3/c1-3-8-24-9-6-14(7-10-24)21-19(25)15-12-16(17-5-4-11-26-17)22-20-18(15)13(2)23-27-20/h4-5,11-12,14H,3,6-10H2,1-2H3,(H,21,25). The van der Waals surface area contributed by atoms with Crippen molar-refractivity contribution in [3.05, 3.63) is 35.7 Å². The van der Waals surface area contributed by atoms with E-state index in [0.29, 0.717) is 33.8 Å². The zero-order valence-electron chi connectivity index (χ0n) is 15.7. The fraction of sp³-hybridized carbons (Fsp3) is 0.450. The van der Waals surface area contributed by atoms with Crippen molar-refractivity contribution in [1.82, 2.24) is 20.4 Å². The van der Waals surface area contributed by atoms with Gasteiger partial charge in [0.1, 0.15) is 5.69 Å². The van der Waals surface area contributed by atoms with Crippen molar-refractivity contribution in [3.63, 3.8) is 0 Å². The van der Waals surface area contributed by atoms with E-state index >= 15 is 0 Å². The Morgan fingerprint density at radius 1 is 1.37 bits per heavy atom. The predicted octanol–water partition coefficient (Wildman–Crippen LogP) is 3.40. The van der Waals surface area contributed by atoms with E-state index in [-0.39, 0.29) is 11.9 Å². The first-order valence-corrected chi connectivity index (χ1v) is 9.50. The normalized spacial score (nSPS) is 16.1. The molecule has 0 spiro atoms. The van der Waals surface area contributed by atoms with Crippen molar-refractivity contribution in [2.24, 2.45) is 0 Å². The fourth-order valence-electron chi connectivity index (χ4n) is 3.70. The van der Waals surface area contributed by atoms with Gasteiger partial charge in [-0.3, -0.25) is 4.79 Å². The zero-order chi connectivity index (χ0) is 18.8. The predicted molar refractivity (Wildman–Crippen MR) is 101 cm³/mol. The Bertz CT molecular complexity index is 924. The SMILES string of the molecule is CCCN1CCC(NC(=O)c2cc(-c3ccco3)nc3onc(C)c23)CC1. The van der Waals surface area contributed by atoms with Crippen LogP contribution in [0, 0.1) is 6.92 Å². The molecule has 0 aliphatic carbocycles. The van der Waals surface area contributed by atoms with Crippen LogP contribution in [0.2, 0.25) is 0 Å². The molecule has 7 nitrogen and oxygen atoms in total. The topological polar surface area (TPSA) is 84.4 Å². The summed E-state index contributed by atoms with van der Waals surface area (Å²) in [5.74, 6) is 0.475. The van der Waals surface area contributed by atoms with E-state index in [0.717, 1.165) is 38.9 Å². The number of likely N-dealkylation sites (tertiary alicyclic amines) is 1. The number of hydrogen-bond donors (Lipinski definition) is 1. The number of nitrogens with one attached hydrogen (secondary N) is 1. The van der Waals surface area contributed by atoms with Crippen LogP contribution >= 0.6 is 0 Å². The van der Waals surface area contributed by atoms with Crippen LogP contribution in [0.4, 0.5) is 0 Å². The number of pyridine rings is 1. The van der Waals surface area contributed by atoms with Gasteiger partial charge in [0, 0.05) is 19.1 Å². The van der Waals surface area contributed by atoms with Gasteiger partial charge in [-0.15, -0.1) is 0 Å². The van der Waals surface area contributed by atoms with Crippen LogP contribution in [0.1, 0.15) is 42.2 Å². The molecular weight excluding hydrogens is 344 g/mol. The molecule has 1 fully saturated rings. The minimum Gasteiger partial charge on any atom is -0.463 e. The molecular formula is C20H24N4O3. The highest BCUT2D eigenvalue weighted by Gasteiger charge is 2.24. The molecule has 0 unspecified atom stereocenters. The van der Waals surface area contributed by atoms with Gasteiger partial charge in [0.25, 0.3) is 11.6 Å². The first kappa shape index (κ1) is 17.7. The maximum absolute atomic E-state index is 13.1. The second kappa shape index (κ2) is 7.52. The quantitative estimate of drug-likeness (QED) is 0.743. The molecule has 0 atom stereocenters. The lowest BCUT2D eigenvalue weighted by molar-refractivity contribution is 0.0912. The summed E-state index contributed by atoms with van der Waals surface area (Å²) in [5, 5.41) is 7.83. The fourth-order valence-corrected chi connectivity index (χ4v) is 3.70. The molecule has 3 aromatic rings. The van der Waals surface area contributed by atoms with E-state index in [1.165, 1.54) is 0 Å². The van der Waals surface area contributed by atoms with Crippen LogP contribution in [-0.2, 0) is 0 Å². The maximum Gasteiger partial charge on any atom is 0.259 e. The molecule has 0 radical (unpaired) electrons. The molecule has 0 saturated carbocycles. The number of amides is 1.